The molecular formula is C17H15Cl2N3O8. The van der Waals surface area contributed by atoms with Crippen molar-refractivity contribution in [3.63, 3.8) is 0 Å². The van der Waals surface area contributed by atoms with Gasteiger partial charge in [0.1, 0.15) is 12.7 Å². The quantitative estimate of drug-likeness (QED) is 0.373. The number of nitrogens with one attached hydrogen (secondary N) is 1. The van der Waals surface area contributed by atoms with E-state index in [2.05, 4.69) is 15.0 Å². The van der Waals surface area contributed by atoms with Crippen molar-refractivity contribution in [2.24, 2.45) is 0 Å². The second-order valence-electron chi connectivity index (χ2n) is 5.91. The highest BCUT2D eigenvalue weighted by Crippen LogP contribution is 2.36. The second-order valence-corrected chi connectivity index (χ2v) is 6.72. The van der Waals surface area contributed by atoms with E-state index in [0.29, 0.717) is 11.4 Å². The molecule has 0 fully saturated rings. The van der Waals surface area contributed by atoms with E-state index < -0.39 is 41.2 Å². The summed E-state index contributed by atoms with van der Waals surface area (Å²) in [6.07, 6.45) is -1.97. The van der Waals surface area contributed by atoms with Gasteiger partial charge in [0.2, 0.25) is 0 Å². The minimum Gasteiger partial charge on any atom is -0.481 e. The summed E-state index contributed by atoms with van der Waals surface area (Å²) >= 11 is 12.3. The molecule has 13 heteroatoms. The molecule has 0 amide bonds. The first-order valence-corrected chi connectivity index (χ1v) is 9.05. The summed E-state index contributed by atoms with van der Waals surface area (Å²) in [5.74, 6) is -2.65. The number of carboxylic acids is 1. The molecule has 0 radical (unpaired) electrons. The maximum absolute atomic E-state index is 11.9. The molecular weight excluding hydrogens is 445 g/mol. The fraction of sp³-hybridized carbons (Fsp3) is 0.235. The Morgan fingerprint density at radius 1 is 1.07 bits per heavy atom. The largest absolute Gasteiger partial charge is 0.481 e. The van der Waals surface area contributed by atoms with Crippen LogP contribution in [0.25, 0.3) is 0 Å². The van der Waals surface area contributed by atoms with Crippen LogP contribution in [-0.4, -0.2) is 34.0 Å². The third-order valence-electron chi connectivity index (χ3n) is 3.96. The SMILES string of the molecule is O=C(O)[C@@H](CC(CO[N+](=O)[O-])O[N+](=O)[O-])c1ccccc1Nc1c(Cl)cccc1Cl. The molecule has 0 spiro atoms. The molecule has 0 aliphatic rings. The van der Waals surface area contributed by atoms with Crippen LogP contribution in [0.3, 0.4) is 0 Å². The lowest BCUT2D eigenvalue weighted by Gasteiger charge is -2.22. The Morgan fingerprint density at radius 3 is 2.27 bits per heavy atom. The number of para-hydroxylation sites is 2. The van der Waals surface area contributed by atoms with Gasteiger partial charge < -0.3 is 20.1 Å². The number of hydrogen-bond donors (Lipinski definition) is 2. The van der Waals surface area contributed by atoms with Crippen LogP contribution in [0.4, 0.5) is 11.4 Å². The number of nitrogens with zero attached hydrogens (tertiary/aromatic N) is 2. The van der Waals surface area contributed by atoms with Gasteiger partial charge in [-0.1, -0.05) is 47.5 Å². The molecule has 2 atom stereocenters. The lowest BCUT2D eigenvalue weighted by atomic mass is 9.91. The smallest absolute Gasteiger partial charge is 0.311 e. The first-order valence-electron chi connectivity index (χ1n) is 8.30. The van der Waals surface area contributed by atoms with Crippen LogP contribution < -0.4 is 5.32 Å². The highest BCUT2D eigenvalue weighted by molar-refractivity contribution is 6.39. The molecule has 2 N–H and O–H groups in total. The predicted molar refractivity (Wildman–Crippen MR) is 106 cm³/mol. The van der Waals surface area contributed by atoms with Crippen LogP contribution in [0.1, 0.15) is 17.9 Å². The van der Waals surface area contributed by atoms with Crippen molar-refractivity contribution >= 4 is 40.5 Å². The van der Waals surface area contributed by atoms with E-state index in [4.69, 9.17) is 23.2 Å². The molecule has 2 aromatic rings. The molecule has 0 saturated heterocycles. The first-order chi connectivity index (χ1) is 14.2. The van der Waals surface area contributed by atoms with Gasteiger partial charge in [0.05, 0.1) is 21.7 Å². The molecule has 160 valence electrons. The Balaban J connectivity index is 2.36. The van der Waals surface area contributed by atoms with Gasteiger partial charge in [0.15, 0.2) is 0 Å². The Morgan fingerprint density at radius 2 is 1.70 bits per heavy atom. The zero-order valence-electron chi connectivity index (χ0n) is 15.1. The van der Waals surface area contributed by atoms with Crippen LogP contribution in [0.2, 0.25) is 10.0 Å². The molecule has 0 aliphatic carbocycles. The second kappa shape index (κ2) is 10.5. The fourth-order valence-corrected chi connectivity index (χ4v) is 3.19. The van der Waals surface area contributed by atoms with Gasteiger partial charge in [-0.05, 0) is 30.2 Å². The fourth-order valence-electron chi connectivity index (χ4n) is 2.70. The summed E-state index contributed by atoms with van der Waals surface area (Å²) in [5, 5.41) is 32.0. The summed E-state index contributed by atoms with van der Waals surface area (Å²) in [5.41, 5.74) is 0.904. The lowest BCUT2D eigenvalue weighted by Crippen LogP contribution is -2.29. The van der Waals surface area contributed by atoms with Gasteiger partial charge in [-0.15, -0.1) is 20.2 Å². The van der Waals surface area contributed by atoms with Crippen molar-refractivity contribution in [1.29, 1.82) is 0 Å². The molecule has 0 aliphatic heterocycles. The lowest BCUT2D eigenvalue weighted by molar-refractivity contribution is -0.790. The molecule has 1 unspecified atom stereocenters. The Kier molecular flexibility index (Phi) is 8.01. The first kappa shape index (κ1) is 23.0. The van der Waals surface area contributed by atoms with Gasteiger partial charge in [-0.2, -0.15) is 0 Å². The van der Waals surface area contributed by atoms with Crippen molar-refractivity contribution in [2.45, 2.75) is 18.4 Å². The van der Waals surface area contributed by atoms with Crippen LogP contribution >= 0.6 is 23.2 Å². The summed E-state index contributed by atoms with van der Waals surface area (Å²) in [6.45, 7) is -0.816. The Bertz CT molecular complexity index is 923. The number of benzene rings is 2. The van der Waals surface area contributed by atoms with E-state index in [1.54, 1.807) is 36.4 Å². The third kappa shape index (κ3) is 6.36. The zero-order chi connectivity index (χ0) is 22.3. The zero-order valence-corrected chi connectivity index (χ0v) is 16.6. The monoisotopic (exact) mass is 459 g/mol. The molecule has 30 heavy (non-hydrogen) atoms. The van der Waals surface area contributed by atoms with Crippen molar-refractivity contribution in [3.8, 4) is 0 Å². The van der Waals surface area contributed by atoms with Gasteiger partial charge in [0, 0.05) is 5.69 Å². The average molecular weight is 460 g/mol. The van der Waals surface area contributed by atoms with Crippen LogP contribution in [0, 0.1) is 20.2 Å². The van der Waals surface area contributed by atoms with Crippen LogP contribution in [0.15, 0.2) is 42.5 Å². The predicted octanol–water partition coefficient (Wildman–Crippen LogP) is 4.08. The van der Waals surface area contributed by atoms with Gasteiger partial charge in [0.25, 0.3) is 10.2 Å². The maximum Gasteiger partial charge on any atom is 0.311 e. The number of aliphatic carboxylic acids is 1. The number of carbonyl (C=O) groups is 1. The van der Waals surface area contributed by atoms with E-state index in [-0.39, 0.29) is 15.6 Å². The van der Waals surface area contributed by atoms with Gasteiger partial charge >= 0.3 is 5.97 Å². The summed E-state index contributed by atoms with van der Waals surface area (Å²) < 4.78 is 0. The van der Waals surface area contributed by atoms with E-state index in [9.17, 15) is 30.1 Å². The highest BCUT2D eigenvalue weighted by atomic mass is 35.5. The topological polar surface area (TPSA) is 154 Å². The molecule has 0 saturated carbocycles. The standard InChI is InChI=1S/C17H15Cl2N3O8/c18-13-5-3-6-14(19)16(13)20-15-7-2-1-4-11(15)12(17(23)24)8-10(30-22(27)28)9-29-21(25)26/h1-7,10,12,20H,8-9H2,(H,23,24)/t10?,12-/m0/s1. The normalized spacial score (nSPS) is 12.5. The summed E-state index contributed by atoms with van der Waals surface area (Å²) in [7, 11) is 0. The highest BCUT2D eigenvalue weighted by Gasteiger charge is 2.29. The van der Waals surface area contributed by atoms with Crippen molar-refractivity contribution in [3.05, 3.63) is 78.3 Å². The Hall–Kier alpha value is -3.31. The molecule has 11 nitrogen and oxygen atoms in total. The van der Waals surface area contributed by atoms with Gasteiger partial charge in [-0.25, -0.2) is 0 Å². The third-order valence-corrected chi connectivity index (χ3v) is 4.59. The molecule has 0 heterocycles. The van der Waals surface area contributed by atoms with E-state index in [1.807, 2.05) is 0 Å². The van der Waals surface area contributed by atoms with Crippen molar-refractivity contribution in [2.75, 3.05) is 11.9 Å². The Labute approximate surface area is 179 Å². The maximum atomic E-state index is 11.9. The number of halogens is 2. The molecule has 2 rings (SSSR count). The minimum absolute atomic E-state index is 0.235. The summed E-state index contributed by atoms with van der Waals surface area (Å²) in [6, 6.07) is 11.1. The molecule has 0 aromatic heterocycles. The van der Waals surface area contributed by atoms with E-state index in [1.165, 1.54) is 6.07 Å². The number of carboxylic acid groups (broad SMARTS) is 1. The minimum atomic E-state index is -1.50. The summed E-state index contributed by atoms with van der Waals surface area (Å²) in [4.78, 5) is 41.5. The van der Waals surface area contributed by atoms with Crippen LogP contribution in [-0.2, 0) is 14.5 Å². The van der Waals surface area contributed by atoms with Crippen molar-refractivity contribution in [1.82, 2.24) is 0 Å². The van der Waals surface area contributed by atoms with Crippen LogP contribution in [0.5, 0.6) is 0 Å². The van der Waals surface area contributed by atoms with E-state index >= 15 is 0 Å². The average Bonchev–Trinajstić information content (AvgIpc) is 2.66. The number of anilines is 2. The van der Waals surface area contributed by atoms with Gasteiger partial charge in [-0.3, -0.25) is 4.79 Å². The number of hydrogen-bond acceptors (Lipinski definition) is 8. The van der Waals surface area contributed by atoms with Crippen molar-refractivity contribution < 1.29 is 29.7 Å². The van der Waals surface area contributed by atoms with E-state index in [0.717, 1.165) is 0 Å². The molecule has 0 bridgehead atoms. The number of rotatable bonds is 11. The molecule has 2 aromatic carbocycles.